The van der Waals surface area contributed by atoms with Crippen LogP contribution in [0.3, 0.4) is 0 Å². The third-order valence-electron chi connectivity index (χ3n) is 6.59. The van der Waals surface area contributed by atoms with Gasteiger partial charge in [-0.2, -0.15) is 4.98 Å². The number of piperazine rings is 1. The number of nitrogens with one attached hydrogen (secondary N) is 3. The number of aromatic nitrogens is 2. The van der Waals surface area contributed by atoms with Crippen LogP contribution in [-0.4, -0.2) is 72.0 Å². The minimum absolute atomic E-state index is 0.127. The number of anilines is 4. The topological polar surface area (TPSA) is 129 Å². The van der Waals surface area contributed by atoms with Gasteiger partial charge in [-0.15, -0.1) is 0 Å². The standard InChI is InChI=1S/C24H34N8O2/c1-16(33)31-11-13-32(14-12-31)20-9-7-19(8-10-20)29-24-27-15-21(23(34)26-2)22(30-24)28-18-5-3-17(25)4-6-18/h7-10,15,17-18H,3-6,11-14,25H2,1-2H3,(H,26,34)(H2,27,28,29,30). The van der Waals surface area contributed by atoms with Crippen LogP contribution in [0.1, 0.15) is 43.0 Å². The van der Waals surface area contributed by atoms with E-state index in [0.717, 1.165) is 63.2 Å². The molecule has 1 aliphatic heterocycles. The van der Waals surface area contributed by atoms with Crippen LogP contribution in [0.15, 0.2) is 30.5 Å². The summed E-state index contributed by atoms with van der Waals surface area (Å²) < 4.78 is 0. The van der Waals surface area contributed by atoms with Gasteiger partial charge >= 0.3 is 0 Å². The molecule has 1 saturated heterocycles. The van der Waals surface area contributed by atoms with E-state index in [1.807, 2.05) is 17.0 Å². The zero-order chi connectivity index (χ0) is 24.1. The Balaban J connectivity index is 1.43. The van der Waals surface area contributed by atoms with E-state index >= 15 is 0 Å². The van der Waals surface area contributed by atoms with E-state index < -0.39 is 0 Å². The Bertz CT molecular complexity index is 997. The van der Waals surface area contributed by atoms with Crippen molar-refractivity contribution < 1.29 is 9.59 Å². The first kappa shape index (κ1) is 23.7. The third-order valence-corrected chi connectivity index (χ3v) is 6.59. The Hall–Kier alpha value is -3.40. The number of amides is 2. The number of hydrogen-bond acceptors (Lipinski definition) is 8. The molecule has 0 radical (unpaired) electrons. The van der Waals surface area contributed by atoms with Gasteiger partial charge in [0.05, 0.1) is 0 Å². The predicted octanol–water partition coefficient (Wildman–Crippen LogP) is 1.93. The lowest BCUT2D eigenvalue weighted by Crippen LogP contribution is -2.48. The average Bonchev–Trinajstić information content (AvgIpc) is 2.86. The largest absolute Gasteiger partial charge is 0.368 e. The van der Waals surface area contributed by atoms with Crippen molar-refractivity contribution in [3.63, 3.8) is 0 Å². The fourth-order valence-corrected chi connectivity index (χ4v) is 4.47. The monoisotopic (exact) mass is 466 g/mol. The summed E-state index contributed by atoms with van der Waals surface area (Å²) in [5.41, 5.74) is 8.42. The summed E-state index contributed by atoms with van der Waals surface area (Å²) in [4.78, 5) is 37.0. The number of hydrogen-bond donors (Lipinski definition) is 4. The summed E-state index contributed by atoms with van der Waals surface area (Å²) in [6, 6.07) is 8.55. The SMILES string of the molecule is CNC(=O)c1cnc(Nc2ccc(N3CCN(C(C)=O)CC3)cc2)nc1NC1CCC(N)CC1. The fraction of sp³-hybridized carbons (Fsp3) is 0.500. The molecular weight excluding hydrogens is 432 g/mol. The maximum atomic E-state index is 12.3. The van der Waals surface area contributed by atoms with Crippen molar-refractivity contribution in [2.24, 2.45) is 5.73 Å². The Morgan fingerprint density at radius 2 is 1.71 bits per heavy atom. The molecule has 0 bridgehead atoms. The molecule has 5 N–H and O–H groups in total. The van der Waals surface area contributed by atoms with Crippen LogP contribution in [0.4, 0.5) is 23.1 Å². The number of nitrogens with two attached hydrogens (primary N) is 1. The summed E-state index contributed by atoms with van der Waals surface area (Å²) in [6.45, 7) is 4.73. The van der Waals surface area contributed by atoms with Crippen LogP contribution in [0.25, 0.3) is 0 Å². The van der Waals surface area contributed by atoms with Gasteiger partial charge in [-0.3, -0.25) is 9.59 Å². The summed E-state index contributed by atoms with van der Waals surface area (Å²) in [5.74, 6) is 0.848. The molecule has 2 amide bonds. The second-order valence-electron chi connectivity index (χ2n) is 8.96. The van der Waals surface area contributed by atoms with Gasteiger partial charge in [0.25, 0.3) is 5.91 Å². The second kappa shape index (κ2) is 10.7. The Kier molecular flexibility index (Phi) is 7.46. The molecule has 0 spiro atoms. The van der Waals surface area contributed by atoms with Crippen LogP contribution in [0, 0.1) is 0 Å². The van der Waals surface area contributed by atoms with Crippen molar-refractivity contribution in [3.05, 3.63) is 36.0 Å². The van der Waals surface area contributed by atoms with E-state index in [0.29, 0.717) is 17.3 Å². The lowest BCUT2D eigenvalue weighted by molar-refractivity contribution is -0.129. The molecule has 4 rings (SSSR count). The predicted molar refractivity (Wildman–Crippen MR) is 133 cm³/mol. The molecule has 1 aliphatic carbocycles. The highest BCUT2D eigenvalue weighted by Gasteiger charge is 2.22. The summed E-state index contributed by atoms with van der Waals surface area (Å²) >= 11 is 0. The Labute approximate surface area is 200 Å². The van der Waals surface area contributed by atoms with E-state index in [9.17, 15) is 9.59 Å². The van der Waals surface area contributed by atoms with E-state index in [1.165, 1.54) is 0 Å². The highest BCUT2D eigenvalue weighted by Crippen LogP contribution is 2.25. The maximum absolute atomic E-state index is 12.3. The molecule has 1 aromatic heterocycles. The van der Waals surface area contributed by atoms with E-state index in [2.05, 4.69) is 43.0 Å². The maximum Gasteiger partial charge on any atom is 0.256 e. The molecule has 182 valence electrons. The molecule has 2 aromatic rings. The first-order chi connectivity index (χ1) is 16.4. The molecule has 10 nitrogen and oxygen atoms in total. The first-order valence-corrected chi connectivity index (χ1v) is 11.9. The van der Waals surface area contributed by atoms with Crippen molar-refractivity contribution in [1.29, 1.82) is 0 Å². The number of benzene rings is 1. The van der Waals surface area contributed by atoms with Crippen LogP contribution < -0.4 is 26.6 Å². The van der Waals surface area contributed by atoms with Crippen LogP contribution in [0.2, 0.25) is 0 Å². The molecule has 0 atom stereocenters. The molecule has 10 heteroatoms. The highest BCUT2D eigenvalue weighted by atomic mass is 16.2. The average molecular weight is 467 g/mol. The number of carbonyl (C=O) groups excluding carboxylic acids is 2. The fourth-order valence-electron chi connectivity index (χ4n) is 4.47. The number of rotatable bonds is 6. The second-order valence-corrected chi connectivity index (χ2v) is 8.96. The summed E-state index contributed by atoms with van der Waals surface area (Å²) in [5, 5.41) is 9.33. The van der Waals surface area contributed by atoms with Gasteiger partial charge in [-0.05, 0) is 49.9 Å². The van der Waals surface area contributed by atoms with Crippen molar-refractivity contribution in [2.75, 3.05) is 48.8 Å². The van der Waals surface area contributed by atoms with Crippen molar-refractivity contribution >= 4 is 35.0 Å². The first-order valence-electron chi connectivity index (χ1n) is 11.9. The molecule has 34 heavy (non-hydrogen) atoms. The lowest BCUT2D eigenvalue weighted by atomic mass is 9.92. The highest BCUT2D eigenvalue weighted by molar-refractivity contribution is 5.98. The van der Waals surface area contributed by atoms with Gasteiger partial charge in [0.15, 0.2) is 0 Å². The molecule has 0 unspecified atom stereocenters. The minimum Gasteiger partial charge on any atom is -0.368 e. The van der Waals surface area contributed by atoms with Crippen LogP contribution in [-0.2, 0) is 4.79 Å². The molecule has 2 heterocycles. The van der Waals surface area contributed by atoms with E-state index in [4.69, 9.17) is 5.73 Å². The molecular formula is C24H34N8O2. The molecule has 2 aliphatic rings. The number of nitrogens with zero attached hydrogens (tertiary/aromatic N) is 4. The Morgan fingerprint density at radius 1 is 1.03 bits per heavy atom. The van der Waals surface area contributed by atoms with Gasteiger partial charge in [-0.1, -0.05) is 0 Å². The number of carbonyl (C=O) groups is 2. The zero-order valence-electron chi connectivity index (χ0n) is 19.9. The summed E-state index contributed by atoms with van der Waals surface area (Å²) in [6.07, 6.45) is 5.36. The van der Waals surface area contributed by atoms with Gasteiger partial charge in [0, 0.05) is 69.8 Å². The van der Waals surface area contributed by atoms with E-state index in [1.54, 1.807) is 20.2 Å². The molecule has 1 saturated carbocycles. The van der Waals surface area contributed by atoms with Crippen molar-refractivity contribution in [1.82, 2.24) is 20.2 Å². The van der Waals surface area contributed by atoms with Crippen molar-refractivity contribution in [3.8, 4) is 0 Å². The van der Waals surface area contributed by atoms with Gasteiger partial charge in [0.2, 0.25) is 11.9 Å². The minimum atomic E-state index is -0.226. The summed E-state index contributed by atoms with van der Waals surface area (Å²) in [7, 11) is 1.60. The van der Waals surface area contributed by atoms with E-state index in [-0.39, 0.29) is 23.9 Å². The van der Waals surface area contributed by atoms with Crippen LogP contribution in [0.5, 0.6) is 0 Å². The molecule has 2 fully saturated rings. The molecule has 1 aromatic carbocycles. The third kappa shape index (κ3) is 5.74. The van der Waals surface area contributed by atoms with Crippen molar-refractivity contribution in [2.45, 2.75) is 44.7 Å². The smallest absolute Gasteiger partial charge is 0.256 e. The van der Waals surface area contributed by atoms with Crippen LogP contribution >= 0.6 is 0 Å². The van der Waals surface area contributed by atoms with Gasteiger partial charge < -0.3 is 31.5 Å². The lowest BCUT2D eigenvalue weighted by Gasteiger charge is -2.35. The normalized spacial score (nSPS) is 20.6. The van der Waals surface area contributed by atoms with Gasteiger partial charge in [0.1, 0.15) is 11.4 Å². The zero-order valence-corrected chi connectivity index (χ0v) is 19.9. The van der Waals surface area contributed by atoms with Gasteiger partial charge in [-0.25, -0.2) is 4.98 Å². The quantitative estimate of drug-likeness (QED) is 0.508. The Morgan fingerprint density at radius 3 is 2.32 bits per heavy atom.